The van der Waals surface area contributed by atoms with Crippen LogP contribution in [0.15, 0.2) is 41.2 Å². The number of hydrogen-bond acceptors (Lipinski definition) is 4. The molecule has 6 nitrogen and oxygen atoms in total. The summed E-state index contributed by atoms with van der Waals surface area (Å²) >= 11 is 5.87. The van der Waals surface area contributed by atoms with Crippen LogP contribution in [0.1, 0.15) is 17.8 Å². The number of nitrogens with zero attached hydrogens (tertiary/aromatic N) is 2. The summed E-state index contributed by atoms with van der Waals surface area (Å²) in [5, 5.41) is 2.64. The molecule has 0 radical (unpaired) electrons. The van der Waals surface area contributed by atoms with Crippen LogP contribution in [0.3, 0.4) is 0 Å². The molecule has 1 aromatic heterocycles. The van der Waals surface area contributed by atoms with Crippen molar-refractivity contribution in [3.05, 3.63) is 63.2 Å². The van der Waals surface area contributed by atoms with Crippen molar-refractivity contribution in [2.75, 3.05) is 11.9 Å². The molecule has 0 unspecified atom stereocenters. The highest BCUT2D eigenvalue weighted by Gasteiger charge is 2.31. The number of rotatable bonds is 4. The van der Waals surface area contributed by atoms with Gasteiger partial charge >= 0.3 is 6.18 Å². The van der Waals surface area contributed by atoms with E-state index in [0.29, 0.717) is 17.4 Å². The summed E-state index contributed by atoms with van der Waals surface area (Å²) in [4.78, 5) is 29.2. The molecule has 156 valence electrons. The van der Waals surface area contributed by atoms with Crippen molar-refractivity contribution < 1.29 is 22.7 Å². The van der Waals surface area contributed by atoms with Crippen LogP contribution in [-0.2, 0) is 23.9 Å². The fraction of sp³-hybridized carbons (Fsp3) is 0.250. The highest BCUT2D eigenvalue weighted by atomic mass is 35.5. The first-order chi connectivity index (χ1) is 14.2. The quantitative estimate of drug-likeness (QED) is 0.668. The summed E-state index contributed by atoms with van der Waals surface area (Å²) in [6.07, 6.45) is -2.95. The summed E-state index contributed by atoms with van der Waals surface area (Å²) in [7, 11) is 0. The van der Waals surface area contributed by atoms with Gasteiger partial charge in [0.25, 0.3) is 11.5 Å². The molecule has 0 saturated heterocycles. The number of nitrogens with one attached hydrogen (secondary N) is 1. The van der Waals surface area contributed by atoms with Crippen LogP contribution < -0.4 is 15.6 Å². The van der Waals surface area contributed by atoms with Crippen molar-refractivity contribution in [2.24, 2.45) is 0 Å². The van der Waals surface area contributed by atoms with Gasteiger partial charge in [-0.2, -0.15) is 13.2 Å². The number of hydrogen-bond donors (Lipinski definition) is 1. The van der Waals surface area contributed by atoms with Crippen LogP contribution in [0.5, 0.6) is 5.75 Å². The molecule has 0 saturated carbocycles. The molecule has 2 aromatic carbocycles. The minimum Gasteiger partial charge on any atom is -0.484 e. The lowest BCUT2D eigenvalue weighted by atomic mass is 10.2. The lowest BCUT2D eigenvalue weighted by Crippen LogP contribution is -2.22. The highest BCUT2D eigenvalue weighted by Crippen LogP contribution is 2.33. The number of alkyl halides is 3. The van der Waals surface area contributed by atoms with E-state index in [1.165, 1.54) is 6.07 Å². The van der Waals surface area contributed by atoms with Gasteiger partial charge in [-0.15, -0.1) is 0 Å². The van der Waals surface area contributed by atoms with Gasteiger partial charge in [-0.05, 0) is 42.8 Å². The Hall–Kier alpha value is -3.07. The smallest absolute Gasteiger partial charge is 0.416 e. The van der Waals surface area contributed by atoms with E-state index in [9.17, 15) is 22.8 Å². The molecule has 0 atom stereocenters. The molecule has 3 aromatic rings. The monoisotopic (exact) mass is 437 g/mol. The van der Waals surface area contributed by atoms with Crippen LogP contribution in [0.2, 0.25) is 5.02 Å². The molecule has 1 aliphatic heterocycles. The Morgan fingerprint density at radius 2 is 2.03 bits per heavy atom. The third kappa shape index (κ3) is 3.97. The fourth-order valence-corrected chi connectivity index (χ4v) is 3.45. The number of aromatic nitrogens is 2. The molecule has 0 fully saturated rings. The van der Waals surface area contributed by atoms with Gasteiger partial charge in [0.2, 0.25) is 0 Å². The molecule has 1 amide bonds. The van der Waals surface area contributed by atoms with E-state index in [2.05, 4.69) is 10.3 Å². The lowest BCUT2D eigenvalue weighted by Gasteiger charge is -2.12. The zero-order chi connectivity index (χ0) is 21.5. The Labute approximate surface area is 173 Å². The predicted octanol–water partition coefficient (Wildman–Crippen LogP) is 4.03. The number of carbonyl (C=O) groups excluding carboxylic acids is 1. The van der Waals surface area contributed by atoms with Crippen LogP contribution in [0.25, 0.3) is 10.9 Å². The number of anilines is 1. The maximum Gasteiger partial charge on any atom is 0.416 e. The largest absolute Gasteiger partial charge is 0.484 e. The van der Waals surface area contributed by atoms with Gasteiger partial charge in [-0.3, -0.25) is 14.2 Å². The van der Waals surface area contributed by atoms with Crippen LogP contribution in [0, 0.1) is 0 Å². The Kier molecular flexibility index (Phi) is 5.15. The average molecular weight is 438 g/mol. The SMILES string of the molecule is O=C(COc1ccc2nc3n(c(=O)c2c1)CCC3)Nc1cc(C(F)(F)F)ccc1Cl. The molecule has 2 heterocycles. The first-order valence-corrected chi connectivity index (χ1v) is 9.43. The summed E-state index contributed by atoms with van der Waals surface area (Å²) < 4.78 is 45.5. The molecule has 30 heavy (non-hydrogen) atoms. The summed E-state index contributed by atoms with van der Waals surface area (Å²) in [5.41, 5.74) is -0.728. The summed E-state index contributed by atoms with van der Waals surface area (Å²) in [6, 6.07) is 7.35. The number of carbonyl (C=O) groups is 1. The van der Waals surface area contributed by atoms with E-state index < -0.39 is 24.3 Å². The zero-order valence-corrected chi connectivity index (χ0v) is 16.2. The van der Waals surface area contributed by atoms with Crippen LogP contribution in [0.4, 0.5) is 18.9 Å². The maximum atomic E-state index is 12.8. The van der Waals surface area contributed by atoms with Crippen molar-refractivity contribution in [2.45, 2.75) is 25.6 Å². The number of halogens is 4. The molecule has 1 N–H and O–H groups in total. The van der Waals surface area contributed by atoms with Crippen molar-refractivity contribution in [1.29, 1.82) is 0 Å². The molecule has 4 rings (SSSR count). The fourth-order valence-electron chi connectivity index (χ4n) is 3.29. The normalized spacial score (nSPS) is 13.3. The number of fused-ring (bicyclic) bond motifs is 2. The van der Waals surface area contributed by atoms with Crippen molar-refractivity contribution in [3.63, 3.8) is 0 Å². The Morgan fingerprint density at radius 1 is 1.23 bits per heavy atom. The van der Waals surface area contributed by atoms with Crippen LogP contribution in [-0.4, -0.2) is 22.1 Å². The van der Waals surface area contributed by atoms with Gasteiger partial charge < -0.3 is 10.1 Å². The Bertz CT molecular complexity index is 1210. The second-order valence-electron chi connectivity index (χ2n) is 6.80. The molecular formula is C20H15ClF3N3O3. The molecule has 0 aliphatic carbocycles. The lowest BCUT2D eigenvalue weighted by molar-refractivity contribution is -0.137. The number of benzene rings is 2. The minimum atomic E-state index is -4.56. The van der Waals surface area contributed by atoms with Gasteiger partial charge in [0.1, 0.15) is 11.6 Å². The maximum absolute atomic E-state index is 12.8. The molecule has 0 spiro atoms. The number of ether oxygens (including phenoxy) is 1. The van der Waals surface area contributed by atoms with E-state index >= 15 is 0 Å². The molecule has 0 bridgehead atoms. The molecule has 1 aliphatic rings. The second kappa shape index (κ2) is 7.64. The second-order valence-corrected chi connectivity index (χ2v) is 7.20. The van der Waals surface area contributed by atoms with Crippen molar-refractivity contribution in [1.82, 2.24) is 9.55 Å². The third-order valence-electron chi connectivity index (χ3n) is 4.72. The van der Waals surface area contributed by atoms with Gasteiger partial charge in [-0.25, -0.2) is 4.98 Å². The van der Waals surface area contributed by atoms with E-state index in [1.54, 1.807) is 16.7 Å². The van der Waals surface area contributed by atoms with Gasteiger partial charge in [-0.1, -0.05) is 11.6 Å². The highest BCUT2D eigenvalue weighted by molar-refractivity contribution is 6.33. The van der Waals surface area contributed by atoms with E-state index in [0.717, 1.165) is 36.9 Å². The third-order valence-corrected chi connectivity index (χ3v) is 5.05. The van der Waals surface area contributed by atoms with Gasteiger partial charge in [0, 0.05) is 13.0 Å². The van der Waals surface area contributed by atoms with Gasteiger partial charge in [0.15, 0.2) is 6.61 Å². The first kappa shape index (κ1) is 20.2. The number of amides is 1. The van der Waals surface area contributed by atoms with E-state index in [-0.39, 0.29) is 22.0 Å². The predicted molar refractivity (Wildman–Crippen MR) is 105 cm³/mol. The van der Waals surface area contributed by atoms with Crippen molar-refractivity contribution in [3.8, 4) is 5.75 Å². The molecular weight excluding hydrogens is 423 g/mol. The van der Waals surface area contributed by atoms with E-state index in [4.69, 9.17) is 16.3 Å². The van der Waals surface area contributed by atoms with Gasteiger partial charge in [0.05, 0.1) is 27.2 Å². The van der Waals surface area contributed by atoms with Crippen LogP contribution >= 0.6 is 11.6 Å². The standard InChI is InChI=1S/C20H15ClF3N3O3/c21-14-5-3-11(20(22,23)24)8-16(14)26-18(28)10-30-12-4-6-15-13(9-12)19(29)27-7-1-2-17(27)25-15/h3-6,8-9H,1-2,7,10H2,(H,26,28). The molecule has 10 heteroatoms. The summed E-state index contributed by atoms with van der Waals surface area (Å²) in [6.45, 7) is 0.139. The average Bonchev–Trinajstić information content (AvgIpc) is 3.16. The zero-order valence-electron chi connectivity index (χ0n) is 15.4. The van der Waals surface area contributed by atoms with Crippen molar-refractivity contribution >= 4 is 34.1 Å². The number of aryl methyl sites for hydroxylation is 1. The minimum absolute atomic E-state index is 0.0324. The topological polar surface area (TPSA) is 73.2 Å². The summed E-state index contributed by atoms with van der Waals surface area (Å²) in [5.74, 6) is 0.323. The first-order valence-electron chi connectivity index (χ1n) is 9.05. The van der Waals surface area contributed by atoms with E-state index in [1.807, 2.05) is 0 Å². The Morgan fingerprint density at radius 3 is 2.80 bits per heavy atom. The Balaban J connectivity index is 1.48.